The average Bonchev–Trinajstić information content (AvgIpc) is 2.79. The fraction of sp³-hybridized carbons (Fsp3) is 0.600. The van der Waals surface area contributed by atoms with Crippen LogP contribution in [0.4, 0.5) is 0 Å². The molecular formula is C15H22N2O2S. The van der Waals surface area contributed by atoms with Gasteiger partial charge in [-0.2, -0.15) is 0 Å². The van der Waals surface area contributed by atoms with E-state index in [0.717, 1.165) is 31.4 Å². The van der Waals surface area contributed by atoms with Gasteiger partial charge in [-0.05, 0) is 25.8 Å². The van der Waals surface area contributed by atoms with Crippen molar-refractivity contribution in [1.29, 1.82) is 0 Å². The van der Waals surface area contributed by atoms with Crippen LogP contribution >= 0.6 is 12.2 Å². The molecule has 1 aromatic heterocycles. The molecule has 0 saturated heterocycles. The minimum Gasteiger partial charge on any atom is -0.469 e. The Hall–Kier alpha value is -1.36. The van der Waals surface area contributed by atoms with Gasteiger partial charge in [0.25, 0.3) is 5.91 Å². The molecule has 20 heavy (non-hydrogen) atoms. The Balaban J connectivity index is 2.15. The van der Waals surface area contributed by atoms with Crippen LogP contribution in [0.2, 0.25) is 0 Å². The fourth-order valence-electron chi connectivity index (χ4n) is 2.79. The van der Waals surface area contributed by atoms with Gasteiger partial charge in [0.1, 0.15) is 12.0 Å². The molecule has 1 amide bonds. The number of nitrogens with one attached hydrogen (secondary N) is 1. The van der Waals surface area contributed by atoms with Gasteiger partial charge in [-0.3, -0.25) is 4.79 Å². The number of amides is 1. The SMILES string of the molecule is Cc1cc(C(=O)NC2(C(N)=S)CCCCCCC2)co1. The lowest BCUT2D eigenvalue weighted by atomic mass is 9.83. The van der Waals surface area contributed by atoms with Crippen molar-refractivity contribution in [3.8, 4) is 0 Å². The van der Waals surface area contributed by atoms with Crippen molar-refractivity contribution in [2.24, 2.45) is 5.73 Å². The molecule has 1 heterocycles. The van der Waals surface area contributed by atoms with E-state index in [0.29, 0.717) is 10.6 Å². The summed E-state index contributed by atoms with van der Waals surface area (Å²) < 4.78 is 5.19. The van der Waals surface area contributed by atoms with Gasteiger partial charge in [0.05, 0.1) is 16.1 Å². The van der Waals surface area contributed by atoms with Crippen molar-refractivity contribution in [2.75, 3.05) is 0 Å². The van der Waals surface area contributed by atoms with Gasteiger partial charge in [0.2, 0.25) is 0 Å². The van der Waals surface area contributed by atoms with Gasteiger partial charge in [0, 0.05) is 0 Å². The Labute approximate surface area is 125 Å². The Bertz CT molecular complexity index is 488. The van der Waals surface area contributed by atoms with Gasteiger partial charge in [0.15, 0.2) is 0 Å². The van der Waals surface area contributed by atoms with Crippen LogP contribution in [-0.4, -0.2) is 16.4 Å². The zero-order valence-electron chi connectivity index (χ0n) is 11.9. The fourth-order valence-corrected chi connectivity index (χ4v) is 3.05. The second kappa shape index (κ2) is 6.39. The maximum absolute atomic E-state index is 12.3. The van der Waals surface area contributed by atoms with Gasteiger partial charge in [-0.25, -0.2) is 0 Å². The molecule has 0 radical (unpaired) electrons. The van der Waals surface area contributed by atoms with Crippen molar-refractivity contribution in [2.45, 2.75) is 57.4 Å². The predicted octanol–water partition coefficient (Wildman–Crippen LogP) is 3.09. The molecule has 1 saturated carbocycles. The minimum atomic E-state index is -0.544. The highest BCUT2D eigenvalue weighted by Gasteiger charge is 2.35. The van der Waals surface area contributed by atoms with Crippen LogP contribution in [0.5, 0.6) is 0 Å². The molecule has 5 heteroatoms. The van der Waals surface area contributed by atoms with Crippen molar-refractivity contribution in [1.82, 2.24) is 5.32 Å². The van der Waals surface area contributed by atoms with Crippen LogP contribution in [0, 0.1) is 6.92 Å². The average molecular weight is 294 g/mol. The van der Waals surface area contributed by atoms with E-state index in [9.17, 15) is 4.79 Å². The van der Waals surface area contributed by atoms with Crippen molar-refractivity contribution in [3.05, 3.63) is 23.7 Å². The quantitative estimate of drug-likeness (QED) is 0.841. The Morgan fingerprint density at radius 3 is 2.40 bits per heavy atom. The molecule has 0 bridgehead atoms. The lowest BCUT2D eigenvalue weighted by molar-refractivity contribution is 0.0912. The number of rotatable bonds is 3. The normalized spacial score (nSPS) is 18.9. The van der Waals surface area contributed by atoms with Crippen LogP contribution in [0.1, 0.15) is 61.1 Å². The molecule has 1 fully saturated rings. The van der Waals surface area contributed by atoms with E-state index >= 15 is 0 Å². The number of furan rings is 1. The molecule has 4 nitrogen and oxygen atoms in total. The Morgan fingerprint density at radius 2 is 1.90 bits per heavy atom. The highest BCUT2D eigenvalue weighted by Crippen LogP contribution is 2.27. The number of hydrogen-bond donors (Lipinski definition) is 2. The summed E-state index contributed by atoms with van der Waals surface area (Å²) >= 11 is 5.25. The van der Waals surface area contributed by atoms with Gasteiger partial charge >= 0.3 is 0 Å². The molecular weight excluding hydrogens is 272 g/mol. The van der Waals surface area contributed by atoms with Crippen molar-refractivity contribution >= 4 is 23.1 Å². The number of aryl methyl sites for hydroxylation is 1. The maximum atomic E-state index is 12.3. The maximum Gasteiger partial charge on any atom is 0.255 e. The summed E-state index contributed by atoms with van der Waals surface area (Å²) in [6.07, 6.45) is 8.80. The standard InChI is InChI=1S/C15H22N2O2S/c1-11-9-12(10-19-11)13(18)17-15(14(16)20)7-5-3-2-4-6-8-15/h9-10H,2-8H2,1H3,(H2,16,20)(H,17,18). The topological polar surface area (TPSA) is 68.3 Å². The number of hydrogen-bond acceptors (Lipinski definition) is 3. The Morgan fingerprint density at radius 1 is 1.30 bits per heavy atom. The zero-order chi connectivity index (χ0) is 14.6. The number of carbonyl (C=O) groups is 1. The highest BCUT2D eigenvalue weighted by molar-refractivity contribution is 7.80. The van der Waals surface area contributed by atoms with Crippen molar-refractivity contribution in [3.63, 3.8) is 0 Å². The van der Waals surface area contributed by atoms with E-state index in [1.807, 2.05) is 6.92 Å². The molecule has 2 rings (SSSR count). The lowest BCUT2D eigenvalue weighted by Gasteiger charge is -2.35. The first-order valence-corrected chi connectivity index (χ1v) is 7.62. The van der Waals surface area contributed by atoms with E-state index < -0.39 is 5.54 Å². The third kappa shape index (κ3) is 3.39. The van der Waals surface area contributed by atoms with Gasteiger partial charge in [-0.1, -0.05) is 44.3 Å². The molecule has 0 spiro atoms. The molecule has 0 aromatic carbocycles. The van der Waals surface area contributed by atoms with Gasteiger partial charge in [-0.15, -0.1) is 0 Å². The molecule has 0 atom stereocenters. The summed E-state index contributed by atoms with van der Waals surface area (Å²) in [6.45, 7) is 1.82. The zero-order valence-corrected chi connectivity index (χ0v) is 12.7. The van der Waals surface area contributed by atoms with Crippen LogP contribution in [0.15, 0.2) is 16.7 Å². The summed E-state index contributed by atoms with van der Waals surface area (Å²) in [7, 11) is 0. The lowest BCUT2D eigenvalue weighted by Crippen LogP contribution is -2.56. The van der Waals surface area contributed by atoms with Crippen LogP contribution in [0.25, 0.3) is 0 Å². The number of nitrogens with two attached hydrogens (primary N) is 1. The van der Waals surface area contributed by atoms with Crippen molar-refractivity contribution < 1.29 is 9.21 Å². The summed E-state index contributed by atoms with van der Waals surface area (Å²) in [5, 5.41) is 3.06. The first kappa shape index (κ1) is 15.0. The summed E-state index contributed by atoms with van der Waals surface area (Å²) in [4.78, 5) is 12.7. The molecule has 1 aliphatic carbocycles. The molecule has 0 unspecified atom stereocenters. The van der Waals surface area contributed by atoms with E-state index in [1.54, 1.807) is 6.07 Å². The largest absolute Gasteiger partial charge is 0.469 e. The van der Waals surface area contributed by atoms with Crippen LogP contribution in [-0.2, 0) is 0 Å². The monoisotopic (exact) mass is 294 g/mol. The molecule has 110 valence electrons. The van der Waals surface area contributed by atoms with E-state index in [-0.39, 0.29) is 5.91 Å². The second-order valence-electron chi connectivity index (χ2n) is 5.61. The second-order valence-corrected chi connectivity index (χ2v) is 6.05. The molecule has 3 N–H and O–H groups in total. The molecule has 1 aromatic rings. The minimum absolute atomic E-state index is 0.157. The smallest absolute Gasteiger partial charge is 0.255 e. The molecule has 0 aliphatic heterocycles. The summed E-state index contributed by atoms with van der Waals surface area (Å²) in [6, 6.07) is 1.73. The summed E-state index contributed by atoms with van der Waals surface area (Å²) in [5.74, 6) is 0.562. The first-order chi connectivity index (χ1) is 9.53. The third-order valence-electron chi connectivity index (χ3n) is 4.02. The van der Waals surface area contributed by atoms with E-state index in [4.69, 9.17) is 22.4 Å². The van der Waals surface area contributed by atoms with E-state index in [1.165, 1.54) is 25.5 Å². The molecule has 1 aliphatic rings. The predicted molar refractivity (Wildman–Crippen MR) is 82.7 cm³/mol. The number of carbonyl (C=O) groups excluding carboxylic acids is 1. The summed E-state index contributed by atoms with van der Waals surface area (Å²) in [5.41, 5.74) is 5.93. The number of thiocarbonyl (C=S) groups is 1. The third-order valence-corrected chi connectivity index (χ3v) is 4.42. The van der Waals surface area contributed by atoms with Gasteiger partial charge < -0.3 is 15.5 Å². The van der Waals surface area contributed by atoms with Crippen LogP contribution in [0.3, 0.4) is 0 Å². The van der Waals surface area contributed by atoms with Crippen LogP contribution < -0.4 is 11.1 Å². The highest BCUT2D eigenvalue weighted by atomic mass is 32.1. The van der Waals surface area contributed by atoms with E-state index in [2.05, 4.69) is 5.32 Å². The Kier molecular flexibility index (Phi) is 4.81. The first-order valence-electron chi connectivity index (χ1n) is 7.21.